The zero-order valence-electron chi connectivity index (χ0n) is 8.78. The van der Waals surface area contributed by atoms with Gasteiger partial charge in [0.15, 0.2) is 6.23 Å². The molecule has 1 aromatic rings. The van der Waals surface area contributed by atoms with E-state index in [0.717, 1.165) is 4.90 Å². The first-order valence-electron chi connectivity index (χ1n) is 4.96. The van der Waals surface area contributed by atoms with Crippen molar-refractivity contribution in [1.82, 2.24) is 4.90 Å². The number of fused-ring (bicyclic) bond motifs is 1. The molecule has 17 heavy (non-hydrogen) atoms. The summed E-state index contributed by atoms with van der Waals surface area (Å²) in [6.07, 6.45) is -1.06. The predicted octanol–water partition coefficient (Wildman–Crippen LogP) is 0.342. The molecule has 1 aromatic carbocycles. The molecule has 0 aliphatic carbocycles. The van der Waals surface area contributed by atoms with Crippen molar-refractivity contribution in [3.63, 3.8) is 0 Å². The smallest absolute Gasteiger partial charge is 0.294 e. The molecule has 0 saturated heterocycles. The first kappa shape index (κ1) is 11.3. The largest absolute Gasteiger partial charge is 0.369 e. The van der Waals surface area contributed by atoms with Crippen molar-refractivity contribution in [2.45, 2.75) is 6.23 Å². The van der Waals surface area contributed by atoms with Gasteiger partial charge in [-0.1, -0.05) is 18.2 Å². The van der Waals surface area contributed by atoms with Gasteiger partial charge in [0.1, 0.15) is 6.61 Å². The highest BCUT2D eigenvalue weighted by molar-refractivity contribution is 5.98. The van der Waals surface area contributed by atoms with Gasteiger partial charge in [-0.2, -0.15) is 0 Å². The van der Waals surface area contributed by atoms with Crippen LogP contribution in [-0.4, -0.2) is 34.2 Å². The molecule has 0 aromatic heterocycles. The molecule has 0 radical (unpaired) electrons. The maximum atomic E-state index is 11.8. The Morgan fingerprint density at radius 3 is 2.82 bits per heavy atom. The van der Waals surface area contributed by atoms with Gasteiger partial charge in [-0.25, -0.2) is 0 Å². The van der Waals surface area contributed by atoms with E-state index < -0.39 is 11.3 Å². The second kappa shape index (κ2) is 4.38. The number of aliphatic hydroxyl groups excluding tert-OH is 1. The van der Waals surface area contributed by atoms with E-state index in [-0.39, 0.29) is 19.1 Å². The third-order valence-corrected chi connectivity index (χ3v) is 2.55. The fraction of sp³-hybridized carbons (Fsp3) is 0.300. The Kier molecular flexibility index (Phi) is 2.92. The van der Waals surface area contributed by atoms with Crippen molar-refractivity contribution >= 4 is 5.91 Å². The van der Waals surface area contributed by atoms with Crippen LogP contribution >= 0.6 is 0 Å². The van der Waals surface area contributed by atoms with Crippen molar-refractivity contribution in [3.8, 4) is 0 Å². The predicted molar refractivity (Wildman–Crippen MR) is 55.4 cm³/mol. The molecule has 1 N–H and O–H groups in total. The van der Waals surface area contributed by atoms with Gasteiger partial charge in [0.2, 0.25) is 0 Å². The molecular weight excluding hydrogens is 228 g/mol. The monoisotopic (exact) mass is 238 g/mol. The molecule has 2 rings (SSSR count). The summed E-state index contributed by atoms with van der Waals surface area (Å²) in [5.41, 5.74) is 0.930. The molecule has 1 heterocycles. The van der Waals surface area contributed by atoms with Crippen LogP contribution in [0.2, 0.25) is 0 Å². The Bertz CT molecular complexity index is 462. The molecule has 0 saturated carbocycles. The Morgan fingerprint density at radius 2 is 2.18 bits per heavy atom. The highest BCUT2D eigenvalue weighted by Gasteiger charge is 2.34. The Hall–Kier alpha value is -2.15. The number of benzene rings is 1. The van der Waals surface area contributed by atoms with Crippen LogP contribution < -0.4 is 0 Å². The van der Waals surface area contributed by atoms with Crippen LogP contribution in [0.15, 0.2) is 24.3 Å². The van der Waals surface area contributed by atoms with Gasteiger partial charge in [0, 0.05) is 17.7 Å². The summed E-state index contributed by atoms with van der Waals surface area (Å²) >= 11 is 0. The zero-order valence-corrected chi connectivity index (χ0v) is 8.78. The quantitative estimate of drug-likeness (QED) is 0.603. The molecule has 0 spiro atoms. The van der Waals surface area contributed by atoms with Gasteiger partial charge in [-0.15, -0.1) is 10.1 Å². The number of carbonyl (C=O) groups is 1. The molecule has 1 unspecified atom stereocenters. The Balaban J connectivity index is 2.08. The average Bonchev–Trinajstić information content (AvgIpc) is 2.54. The fourth-order valence-corrected chi connectivity index (χ4v) is 1.79. The molecule has 0 fully saturated rings. The van der Waals surface area contributed by atoms with Crippen molar-refractivity contribution in [2.75, 3.05) is 13.2 Å². The van der Waals surface area contributed by atoms with Crippen molar-refractivity contribution in [1.29, 1.82) is 0 Å². The van der Waals surface area contributed by atoms with E-state index in [0.29, 0.717) is 11.1 Å². The maximum Gasteiger partial charge on any atom is 0.294 e. The zero-order chi connectivity index (χ0) is 12.4. The number of amides is 1. The maximum absolute atomic E-state index is 11.8. The minimum Gasteiger partial charge on any atom is -0.369 e. The van der Waals surface area contributed by atoms with Crippen LogP contribution in [0.4, 0.5) is 0 Å². The van der Waals surface area contributed by atoms with E-state index in [1.54, 1.807) is 24.3 Å². The first-order valence-corrected chi connectivity index (χ1v) is 4.96. The van der Waals surface area contributed by atoms with E-state index >= 15 is 0 Å². The summed E-state index contributed by atoms with van der Waals surface area (Å²) in [5.74, 6) is -0.347. The molecule has 1 aliphatic heterocycles. The lowest BCUT2D eigenvalue weighted by atomic mass is 10.1. The van der Waals surface area contributed by atoms with Crippen LogP contribution in [0.25, 0.3) is 0 Å². The number of carbonyl (C=O) groups excluding carboxylic acids is 1. The normalized spacial score (nSPS) is 18.1. The van der Waals surface area contributed by atoms with Gasteiger partial charge in [-0.3, -0.25) is 4.79 Å². The second-order valence-electron chi connectivity index (χ2n) is 3.52. The summed E-state index contributed by atoms with van der Waals surface area (Å²) in [5, 5.41) is 18.9. The van der Waals surface area contributed by atoms with Gasteiger partial charge in [-0.05, 0) is 6.07 Å². The van der Waals surface area contributed by atoms with Crippen LogP contribution in [0.1, 0.15) is 22.1 Å². The van der Waals surface area contributed by atoms with Gasteiger partial charge < -0.3 is 14.8 Å². The summed E-state index contributed by atoms with van der Waals surface area (Å²) in [6, 6.07) is 6.66. The van der Waals surface area contributed by atoms with E-state index in [2.05, 4.69) is 4.84 Å². The summed E-state index contributed by atoms with van der Waals surface area (Å²) in [7, 11) is 0. The van der Waals surface area contributed by atoms with Crippen molar-refractivity contribution in [3.05, 3.63) is 45.5 Å². The van der Waals surface area contributed by atoms with Gasteiger partial charge in [0.25, 0.3) is 11.0 Å². The standard InChI is InChI=1S/C10H10N2O5/c13-9-7-3-1-2-4-8(7)10(14)11(9)5-6-17-12(15)16/h1-4,9,13H,5-6H2. The second-order valence-corrected chi connectivity index (χ2v) is 3.52. The number of hydrogen-bond acceptors (Lipinski definition) is 5. The van der Waals surface area contributed by atoms with Crippen LogP contribution in [0, 0.1) is 10.1 Å². The van der Waals surface area contributed by atoms with E-state index in [9.17, 15) is 20.0 Å². The number of nitrogens with zero attached hydrogens (tertiary/aromatic N) is 2. The Morgan fingerprint density at radius 1 is 1.47 bits per heavy atom. The number of hydrogen-bond donors (Lipinski definition) is 1. The van der Waals surface area contributed by atoms with Crippen LogP contribution in [0.5, 0.6) is 0 Å². The Labute approximate surface area is 96.3 Å². The molecule has 7 nitrogen and oxygen atoms in total. The highest BCUT2D eigenvalue weighted by Crippen LogP contribution is 2.30. The lowest BCUT2D eigenvalue weighted by Crippen LogP contribution is -2.31. The number of aliphatic hydroxyl groups is 1. The van der Waals surface area contributed by atoms with Gasteiger partial charge >= 0.3 is 0 Å². The SMILES string of the molecule is O=C1c2ccccc2C(O)N1CCO[N+](=O)[O-]. The van der Waals surface area contributed by atoms with E-state index in [4.69, 9.17) is 0 Å². The third-order valence-electron chi connectivity index (χ3n) is 2.55. The van der Waals surface area contributed by atoms with E-state index in [1.165, 1.54) is 0 Å². The third kappa shape index (κ3) is 2.04. The summed E-state index contributed by atoms with van der Waals surface area (Å²) < 4.78 is 0. The molecular formula is C10H10N2O5. The lowest BCUT2D eigenvalue weighted by Gasteiger charge is -2.19. The average molecular weight is 238 g/mol. The fourth-order valence-electron chi connectivity index (χ4n) is 1.79. The molecule has 90 valence electrons. The molecule has 0 bridgehead atoms. The number of rotatable bonds is 4. The first-order chi connectivity index (χ1) is 8.11. The summed E-state index contributed by atoms with van der Waals surface area (Å²) in [6.45, 7) is -0.292. The van der Waals surface area contributed by atoms with Gasteiger partial charge in [0.05, 0.1) is 0 Å². The molecule has 1 amide bonds. The minimum atomic E-state index is -1.06. The summed E-state index contributed by atoms with van der Waals surface area (Å²) in [4.78, 5) is 27.0. The van der Waals surface area contributed by atoms with E-state index in [1.807, 2.05) is 0 Å². The molecule has 1 aliphatic rings. The van der Waals surface area contributed by atoms with Crippen molar-refractivity contribution in [2.24, 2.45) is 0 Å². The lowest BCUT2D eigenvalue weighted by molar-refractivity contribution is -0.757. The molecule has 7 heteroatoms. The van der Waals surface area contributed by atoms with Crippen molar-refractivity contribution < 1.29 is 19.8 Å². The van der Waals surface area contributed by atoms with Crippen LogP contribution in [0.3, 0.4) is 0 Å². The highest BCUT2D eigenvalue weighted by atomic mass is 16.9. The van der Waals surface area contributed by atoms with Crippen LogP contribution in [-0.2, 0) is 4.84 Å². The minimum absolute atomic E-state index is 0.0321. The topological polar surface area (TPSA) is 92.9 Å². The molecule has 1 atom stereocenters.